The molecule has 0 spiro atoms. The number of carbonyl (C=O) groups excluding carboxylic acids is 1. The average molecular weight is 244 g/mol. The van der Waals surface area contributed by atoms with Crippen molar-refractivity contribution >= 4 is 11.9 Å². The number of rotatable bonds is 4. The second-order valence-corrected chi connectivity index (χ2v) is 4.82. The van der Waals surface area contributed by atoms with E-state index in [1.807, 2.05) is 24.3 Å². The van der Waals surface area contributed by atoms with Crippen LogP contribution < -0.4 is 4.74 Å². The van der Waals surface area contributed by atoms with Gasteiger partial charge in [-0.15, -0.1) is 0 Å². The fourth-order valence-electron chi connectivity index (χ4n) is 2.74. The van der Waals surface area contributed by atoms with Crippen LogP contribution in [0.25, 0.3) is 5.57 Å². The fourth-order valence-corrected chi connectivity index (χ4v) is 2.74. The summed E-state index contributed by atoms with van der Waals surface area (Å²) in [6, 6.07) is 8.00. The van der Waals surface area contributed by atoms with E-state index in [0.29, 0.717) is 5.92 Å². The van der Waals surface area contributed by atoms with E-state index in [0.717, 1.165) is 17.6 Å². The van der Waals surface area contributed by atoms with Gasteiger partial charge in [-0.05, 0) is 48.1 Å². The SMILES string of the molecule is COc1ccc(/C(=C/C=O)C2CCCCC2)cc1. The molecule has 0 aromatic heterocycles. The number of allylic oxidation sites excluding steroid dienone is 2. The zero-order chi connectivity index (χ0) is 12.8. The summed E-state index contributed by atoms with van der Waals surface area (Å²) in [7, 11) is 1.66. The van der Waals surface area contributed by atoms with Crippen molar-refractivity contribution < 1.29 is 9.53 Å². The molecule has 0 amide bonds. The van der Waals surface area contributed by atoms with E-state index in [1.165, 1.54) is 37.7 Å². The normalized spacial score (nSPS) is 17.5. The molecule has 1 aromatic rings. The van der Waals surface area contributed by atoms with Crippen LogP contribution in [0.3, 0.4) is 0 Å². The van der Waals surface area contributed by atoms with Crippen molar-refractivity contribution in [1.82, 2.24) is 0 Å². The minimum Gasteiger partial charge on any atom is -0.497 e. The number of aldehydes is 1. The fraction of sp³-hybridized carbons (Fsp3) is 0.438. The van der Waals surface area contributed by atoms with Gasteiger partial charge in [0.05, 0.1) is 7.11 Å². The van der Waals surface area contributed by atoms with Gasteiger partial charge < -0.3 is 4.74 Å². The Bertz CT molecular complexity index is 411. The van der Waals surface area contributed by atoms with Crippen LogP contribution in [-0.2, 0) is 4.79 Å². The molecule has 0 aliphatic heterocycles. The quantitative estimate of drug-likeness (QED) is 0.594. The Balaban J connectivity index is 2.23. The maximum Gasteiger partial charge on any atom is 0.143 e. The molecule has 1 saturated carbocycles. The van der Waals surface area contributed by atoms with E-state index in [4.69, 9.17) is 4.74 Å². The molecule has 1 aliphatic carbocycles. The van der Waals surface area contributed by atoms with Gasteiger partial charge in [-0.3, -0.25) is 4.79 Å². The van der Waals surface area contributed by atoms with Crippen molar-refractivity contribution in [2.24, 2.45) is 5.92 Å². The summed E-state index contributed by atoms with van der Waals surface area (Å²) in [5, 5.41) is 0. The number of benzene rings is 1. The third kappa shape index (κ3) is 3.00. The molecule has 0 N–H and O–H groups in total. The van der Waals surface area contributed by atoms with E-state index in [1.54, 1.807) is 13.2 Å². The Kier molecular flexibility index (Phi) is 4.57. The van der Waals surface area contributed by atoms with Crippen LogP contribution >= 0.6 is 0 Å². The second kappa shape index (κ2) is 6.39. The smallest absolute Gasteiger partial charge is 0.143 e. The summed E-state index contributed by atoms with van der Waals surface area (Å²) >= 11 is 0. The molecule has 0 saturated heterocycles. The van der Waals surface area contributed by atoms with Crippen molar-refractivity contribution in [2.75, 3.05) is 7.11 Å². The highest BCUT2D eigenvalue weighted by atomic mass is 16.5. The molecule has 18 heavy (non-hydrogen) atoms. The van der Waals surface area contributed by atoms with E-state index in [9.17, 15) is 4.79 Å². The first-order valence-corrected chi connectivity index (χ1v) is 6.65. The molecule has 96 valence electrons. The summed E-state index contributed by atoms with van der Waals surface area (Å²) < 4.78 is 5.17. The molecule has 0 bridgehead atoms. The first-order valence-electron chi connectivity index (χ1n) is 6.65. The molecule has 0 unspecified atom stereocenters. The number of ether oxygens (including phenoxy) is 1. The monoisotopic (exact) mass is 244 g/mol. The molecule has 2 nitrogen and oxygen atoms in total. The van der Waals surface area contributed by atoms with Gasteiger partial charge in [0.15, 0.2) is 0 Å². The van der Waals surface area contributed by atoms with Crippen molar-refractivity contribution in [3.05, 3.63) is 35.9 Å². The molecule has 1 aliphatic rings. The lowest BCUT2D eigenvalue weighted by atomic mass is 9.81. The van der Waals surface area contributed by atoms with Gasteiger partial charge >= 0.3 is 0 Å². The lowest BCUT2D eigenvalue weighted by Gasteiger charge is -2.24. The molecule has 0 heterocycles. The molecule has 0 radical (unpaired) electrons. The van der Waals surface area contributed by atoms with Crippen LogP contribution in [0.2, 0.25) is 0 Å². The predicted octanol–water partition coefficient (Wildman–Crippen LogP) is 3.86. The van der Waals surface area contributed by atoms with E-state index in [-0.39, 0.29) is 0 Å². The highest BCUT2D eigenvalue weighted by Gasteiger charge is 2.18. The van der Waals surface area contributed by atoms with Crippen LogP contribution in [0.1, 0.15) is 37.7 Å². The van der Waals surface area contributed by atoms with Crippen molar-refractivity contribution in [3.8, 4) is 5.75 Å². The maximum absolute atomic E-state index is 10.9. The van der Waals surface area contributed by atoms with Gasteiger partial charge in [-0.1, -0.05) is 31.4 Å². The zero-order valence-corrected chi connectivity index (χ0v) is 10.9. The summed E-state index contributed by atoms with van der Waals surface area (Å²) in [4.78, 5) is 10.9. The van der Waals surface area contributed by atoms with Crippen LogP contribution in [0.4, 0.5) is 0 Å². The van der Waals surface area contributed by atoms with Crippen LogP contribution in [0, 0.1) is 5.92 Å². The molecule has 0 atom stereocenters. The third-order valence-electron chi connectivity index (χ3n) is 3.72. The first kappa shape index (κ1) is 12.9. The van der Waals surface area contributed by atoms with E-state index >= 15 is 0 Å². The first-order chi connectivity index (χ1) is 8.85. The molecule has 1 aromatic carbocycles. The summed E-state index contributed by atoms with van der Waals surface area (Å²) in [6.45, 7) is 0. The summed E-state index contributed by atoms with van der Waals surface area (Å²) in [5.41, 5.74) is 2.34. The van der Waals surface area contributed by atoms with Gasteiger partial charge in [0.2, 0.25) is 0 Å². The van der Waals surface area contributed by atoms with Gasteiger partial charge in [0, 0.05) is 0 Å². The lowest BCUT2D eigenvalue weighted by Crippen LogP contribution is -2.08. The predicted molar refractivity (Wildman–Crippen MR) is 73.6 cm³/mol. The number of carbonyl (C=O) groups is 1. The zero-order valence-electron chi connectivity index (χ0n) is 10.9. The lowest BCUT2D eigenvalue weighted by molar-refractivity contribution is -0.104. The summed E-state index contributed by atoms with van der Waals surface area (Å²) in [5.74, 6) is 1.39. The third-order valence-corrected chi connectivity index (χ3v) is 3.72. The van der Waals surface area contributed by atoms with Crippen molar-refractivity contribution in [3.63, 3.8) is 0 Å². The van der Waals surface area contributed by atoms with Gasteiger partial charge in [0.25, 0.3) is 0 Å². The van der Waals surface area contributed by atoms with Crippen LogP contribution in [-0.4, -0.2) is 13.4 Å². The Morgan fingerprint density at radius 2 is 1.83 bits per heavy atom. The molecular formula is C16H20O2. The van der Waals surface area contributed by atoms with Gasteiger partial charge in [0.1, 0.15) is 12.0 Å². The second-order valence-electron chi connectivity index (χ2n) is 4.82. The Labute approximate surface area is 109 Å². The number of hydrogen-bond donors (Lipinski definition) is 0. The highest BCUT2D eigenvalue weighted by molar-refractivity contribution is 5.82. The maximum atomic E-state index is 10.9. The van der Waals surface area contributed by atoms with E-state index < -0.39 is 0 Å². The minimum absolute atomic E-state index is 0.539. The minimum atomic E-state index is 0.539. The average Bonchev–Trinajstić information content (AvgIpc) is 2.46. The van der Waals surface area contributed by atoms with Gasteiger partial charge in [-0.25, -0.2) is 0 Å². The molecule has 1 fully saturated rings. The summed E-state index contributed by atoms with van der Waals surface area (Å²) in [6.07, 6.45) is 8.92. The molecular weight excluding hydrogens is 224 g/mol. The van der Waals surface area contributed by atoms with Crippen LogP contribution in [0.5, 0.6) is 5.75 Å². The number of methoxy groups -OCH3 is 1. The standard InChI is InChI=1S/C16H20O2/c1-18-15-9-7-14(8-10-15)16(11-12-17)13-5-3-2-4-6-13/h7-13H,2-6H2,1H3/b16-11+. The molecule has 2 heteroatoms. The van der Waals surface area contributed by atoms with Gasteiger partial charge in [-0.2, -0.15) is 0 Å². The topological polar surface area (TPSA) is 26.3 Å². The Morgan fingerprint density at radius 1 is 1.17 bits per heavy atom. The Hall–Kier alpha value is -1.57. The van der Waals surface area contributed by atoms with E-state index in [2.05, 4.69) is 0 Å². The largest absolute Gasteiger partial charge is 0.497 e. The molecule has 2 rings (SSSR count). The Morgan fingerprint density at radius 3 is 2.39 bits per heavy atom. The van der Waals surface area contributed by atoms with Crippen LogP contribution in [0.15, 0.2) is 30.3 Å². The highest BCUT2D eigenvalue weighted by Crippen LogP contribution is 2.35. The van der Waals surface area contributed by atoms with Crippen molar-refractivity contribution in [1.29, 1.82) is 0 Å². The number of hydrogen-bond acceptors (Lipinski definition) is 2. The van der Waals surface area contributed by atoms with Crippen molar-refractivity contribution in [2.45, 2.75) is 32.1 Å².